The predicted molar refractivity (Wildman–Crippen MR) is 112 cm³/mol. The maximum absolute atomic E-state index is 13.3. The summed E-state index contributed by atoms with van der Waals surface area (Å²) in [6.07, 6.45) is 1.73. The summed E-state index contributed by atoms with van der Waals surface area (Å²) in [6.45, 7) is 0. The van der Waals surface area contributed by atoms with Crippen LogP contribution in [-0.2, 0) is 10.0 Å². The number of tetrazole rings is 1. The number of carbonyl (C=O) groups is 2. The van der Waals surface area contributed by atoms with Crippen molar-refractivity contribution in [1.82, 2.24) is 24.6 Å². The number of nitrogens with zero attached hydrogens (tertiary/aromatic N) is 4. The Morgan fingerprint density at radius 2 is 1.73 bits per heavy atom. The van der Waals surface area contributed by atoms with E-state index in [9.17, 15) is 27.5 Å². The monoisotopic (exact) mass is 467 g/mol. The molecule has 0 fully saturated rings. The number of H-pyrrole nitrogens is 1. The van der Waals surface area contributed by atoms with Gasteiger partial charge in [0.15, 0.2) is 11.5 Å². The number of aliphatic hydroxyl groups is 1. The second-order valence-corrected chi connectivity index (χ2v) is 8.51. The van der Waals surface area contributed by atoms with Crippen LogP contribution in [0.5, 0.6) is 0 Å². The van der Waals surface area contributed by atoms with Crippen molar-refractivity contribution in [3.63, 3.8) is 0 Å². The van der Waals surface area contributed by atoms with E-state index < -0.39 is 33.2 Å². The topological polar surface area (TPSA) is 148 Å². The van der Waals surface area contributed by atoms with Gasteiger partial charge in [-0.05, 0) is 35.5 Å². The Hall–Kier alpha value is -4.45. The van der Waals surface area contributed by atoms with E-state index in [1.807, 2.05) is 0 Å². The maximum atomic E-state index is 13.3. The Balaban J connectivity index is 1.83. The molecule has 0 unspecified atom stereocenters. The van der Waals surface area contributed by atoms with E-state index in [0.717, 1.165) is 42.6 Å². The van der Waals surface area contributed by atoms with Gasteiger partial charge in [-0.3, -0.25) is 9.59 Å². The fourth-order valence-electron chi connectivity index (χ4n) is 2.94. The Morgan fingerprint density at radius 1 is 1.03 bits per heavy atom. The van der Waals surface area contributed by atoms with Gasteiger partial charge in [0, 0.05) is 23.4 Å². The molecule has 0 amide bonds. The molecule has 0 aliphatic rings. The molecule has 0 spiro atoms. The maximum Gasteiger partial charge on any atom is 0.268 e. The third kappa shape index (κ3) is 4.32. The van der Waals surface area contributed by atoms with Crippen molar-refractivity contribution in [2.45, 2.75) is 4.90 Å². The summed E-state index contributed by atoms with van der Waals surface area (Å²) < 4.78 is 40.4. The highest BCUT2D eigenvalue weighted by molar-refractivity contribution is 7.90. The number of nitrogens with one attached hydrogen (secondary N) is 1. The number of rotatable bonds is 7. The number of aromatic nitrogens is 5. The molecule has 33 heavy (non-hydrogen) atoms. The Labute approximate surface area is 186 Å². The molecule has 2 aromatic carbocycles. The molecule has 2 aromatic heterocycles. The van der Waals surface area contributed by atoms with Crippen molar-refractivity contribution in [1.29, 1.82) is 0 Å². The van der Waals surface area contributed by atoms with Crippen molar-refractivity contribution in [2.75, 3.05) is 0 Å². The standard InChI is InChI=1S/C21H14FN5O5S/c22-15-6-8-16(9-7-15)33(31,32)27-12-14(18(28)11-19(29)21-23-25-26-24-21)10-17(27)20(30)13-4-2-1-3-5-13/h1-12,29H,(H,23,24,25,26). The minimum atomic E-state index is -4.37. The largest absolute Gasteiger partial charge is 0.504 e. The molecule has 12 heteroatoms. The normalized spacial score (nSPS) is 12.0. The minimum absolute atomic E-state index is 0.190. The van der Waals surface area contributed by atoms with Crippen molar-refractivity contribution in [3.05, 3.63) is 101 Å². The third-order valence-electron chi connectivity index (χ3n) is 4.55. The van der Waals surface area contributed by atoms with E-state index in [1.54, 1.807) is 18.2 Å². The average molecular weight is 467 g/mol. The fourth-order valence-corrected chi connectivity index (χ4v) is 4.30. The molecule has 4 aromatic rings. The molecule has 2 heterocycles. The van der Waals surface area contributed by atoms with Crippen LogP contribution in [0.4, 0.5) is 4.39 Å². The van der Waals surface area contributed by atoms with Gasteiger partial charge in [0.25, 0.3) is 10.0 Å². The third-order valence-corrected chi connectivity index (χ3v) is 6.24. The smallest absolute Gasteiger partial charge is 0.268 e. The molecule has 10 nitrogen and oxygen atoms in total. The number of halogens is 1. The molecule has 0 aliphatic heterocycles. The van der Waals surface area contributed by atoms with E-state index in [2.05, 4.69) is 20.6 Å². The van der Waals surface area contributed by atoms with E-state index in [0.29, 0.717) is 3.97 Å². The zero-order valence-corrected chi connectivity index (χ0v) is 17.4. The summed E-state index contributed by atoms with van der Waals surface area (Å²) in [5.41, 5.74) is -0.327. The SMILES string of the molecule is O=C(C=C(O)c1nn[nH]n1)c1cc(C(=O)c2ccccc2)n(S(=O)(=O)c2ccc(F)cc2)c1. The first-order chi connectivity index (χ1) is 15.8. The molecular formula is C21H14FN5O5S. The van der Waals surface area contributed by atoms with Crippen molar-refractivity contribution >= 4 is 27.3 Å². The summed E-state index contributed by atoms with van der Waals surface area (Å²) in [6, 6.07) is 13.0. The number of carbonyl (C=O) groups excluding carboxylic acids is 2. The number of ketones is 2. The minimum Gasteiger partial charge on any atom is -0.504 e. The highest BCUT2D eigenvalue weighted by Gasteiger charge is 2.27. The second kappa shape index (κ2) is 8.59. The number of hydrogen-bond acceptors (Lipinski definition) is 8. The van der Waals surface area contributed by atoms with Gasteiger partial charge in [-0.15, -0.1) is 10.2 Å². The Kier molecular flexibility index (Phi) is 5.67. The molecule has 166 valence electrons. The van der Waals surface area contributed by atoms with Gasteiger partial charge in [-0.2, -0.15) is 5.21 Å². The van der Waals surface area contributed by atoms with E-state index in [-0.39, 0.29) is 27.5 Å². The summed E-state index contributed by atoms with van der Waals surface area (Å²) >= 11 is 0. The lowest BCUT2D eigenvalue weighted by Crippen LogP contribution is -2.18. The van der Waals surface area contributed by atoms with E-state index in [1.165, 1.54) is 12.1 Å². The van der Waals surface area contributed by atoms with Crippen LogP contribution in [-0.4, -0.2) is 49.7 Å². The number of hydrogen-bond donors (Lipinski definition) is 2. The van der Waals surface area contributed by atoms with E-state index >= 15 is 0 Å². The van der Waals surface area contributed by atoms with Gasteiger partial charge in [0.1, 0.15) is 11.5 Å². The molecule has 2 N–H and O–H groups in total. The molecule has 0 saturated carbocycles. The van der Waals surface area contributed by atoms with Crippen LogP contribution in [0.15, 0.2) is 77.8 Å². The van der Waals surface area contributed by atoms with Gasteiger partial charge < -0.3 is 5.11 Å². The summed E-state index contributed by atoms with van der Waals surface area (Å²) in [5, 5.41) is 22.4. The van der Waals surface area contributed by atoms with Crippen LogP contribution in [0.1, 0.15) is 32.2 Å². The quantitative estimate of drug-likeness (QED) is 0.239. The van der Waals surface area contributed by atoms with Crippen LogP contribution < -0.4 is 0 Å². The van der Waals surface area contributed by atoms with Gasteiger partial charge in [-0.25, -0.2) is 16.8 Å². The molecule has 4 rings (SSSR count). The van der Waals surface area contributed by atoms with Crippen molar-refractivity contribution < 1.29 is 27.5 Å². The lowest BCUT2D eigenvalue weighted by atomic mass is 10.1. The zero-order valence-electron chi connectivity index (χ0n) is 16.6. The molecule has 0 saturated heterocycles. The lowest BCUT2D eigenvalue weighted by Gasteiger charge is -2.10. The first kappa shape index (κ1) is 21.8. The molecule has 0 bridgehead atoms. The van der Waals surface area contributed by atoms with Crippen molar-refractivity contribution in [3.8, 4) is 0 Å². The van der Waals surface area contributed by atoms with Crippen LogP contribution in [0.3, 0.4) is 0 Å². The summed E-state index contributed by atoms with van der Waals surface area (Å²) in [4.78, 5) is 25.5. The summed E-state index contributed by atoms with van der Waals surface area (Å²) in [5.74, 6) is -2.97. The van der Waals surface area contributed by atoms with Crippen LogP contribution >= 0.6 is 0 Å². The highest BCUT2D eigenvalue weighted by Crippen LogP contribution is 2.23. The number of benzene rings is 2. The fraction of sp³-hybridized carbons (Fsp3) is 0. The van der Waals surface area contributed by atoms with Crippen molar-refractivity contribution in [2.24, 2.45) is 0 Å². The van der Waals surface area contributed by atoms with E-state index in [4.69, 9.17) is 0 Å². The second-order valence-electron chi connectivity index (χ2n) is 6.69. The molecule has 0 radical (unpaired) electrons. The van der Waals surface area contributed by atoms with Gasteiger partial charge in [0.05, 0.1) is 4.90 Å². The van der Waals surface area contributed by atoms with Gasteiger partial charge in [0.2, 0.25) is 11.6 Å². The highest BCUT2D eigenvalue weighted by atomic mass is 32.2. The van der Waals surface area contributed by atoms with Gasteiger partial charge >= 0.3 is 0 Å². The first-order valence-electron chi connectivity index (χ1n) is 9.29. The van der Waals surface area contributed by atoms with Gasteiger partial charge in [-0.1, -0.05) is 30.3 Å². The predicted octanol–water partition coefficient (Wildman–Crippen LogP) is 2.39. The molecule has 0 aliphatic carbocycles. The number of allylic oxidation sites excluding steroid dienone is 1. The summed E-state index contributed by atoms with van der Waals surface area (Å²) in [7, 11) is -4.37. The van der Waals surface area contributed by atoms with Crippen LogP contribution in [0.2, 0.25) is 0 Å². The van der Waals surface area contributed by atoms with Crippen LogP contribution in [0, 0.1) is 5.82 Å². The number of aliphatic hydroxyl groups excluding tert-OH is 1. The lowest BCUT2D eigenvalue weighted by molar-refractivity contribution is 0.103. The average Bonchev–Trinajstić information content (AvgIpc) is 3.50. The zero-order chi connectivity index (χ0) is 23.6. The Bertz CT molecular complexity index is 1460. The van der Waals surface area contributed by atoms with Crippen LogP contribution in [0.25, 0.3) is 5.76 Å². The Morgan fingerprint density at radius 3 is 2.36 bits per heavy atom. The molecular weight excluding hydrogens is 453 g/mol. The first-order valence-corrected chi connectivity index (χ1v) is 10.7. The molecule has 0 atom stereocenters. The number of aromatic amines is 1.